The number of hydrogen-bond donors (Lipinski definition) is 2. The monoisotopic (exact) mass is 243 g/mol. The van der Waals surface area contributed by atoms with Crippen molar-refractivity contribution in [3.05, 3.63) is 11.2 Å². The number of anilines is 2. The highest BCUT2D eigenvalue weighted by atomic mass is 35.5. The first kappa shape index (κ1) is 13.0. The van der Waals surface area contributed by atoms with Gasteiger partial charge in [0.05, 0.1) is 6.20 Å². The summed E-state index contributed by atoms with van der Waals surface area (Å²) in [6.07, 6.45) is 2.64. The number of aromatic nitrogens is 2. The van der Waals surface area contributed by atoms with E-state index in [2.05, 4.69) is 39.6 Å². The zero-order chi connectivity index (χ0) is 12.0. The van der Waals surface area contributed by atoms with Crippen molar-refractivity contribution in [2.75, 3.05) is 44.9 Å². The van der Waals surface area contributed by atoms with Crippen LogP contribution in [0.2, 0.25) is 5.02 Å². The van der Waals surface area contributed by atoms with Crippen molar-refractivity contribution in [2.45, 2.75) is 6.42 Å². The first-order valence-corrected chi connectivity index (χ1v) is 5.60. The molecule has 1 aromatic rings. The number of nitrogens with one attached hydrogen (secondary N) is 2. The van der Waals surface area contributed by atoms with Crippen LogP contribution in [0.3, 0.4) is 0 Å². The van der Waals surface area contributed by atoms with E-state index in [-0.39, 0.29) is 0 Å². The standard InChI is InChI=1S/C10H18ClN5/c1-12-10-14-7-8(11)9(15-10)13-5-4-6-16(2)3/h7H,4-6H2,1-3H3,(H2,12,13,14,15). The van der Waals surface area contributed by atoms with Gasteiger partial charge < -0.3 is 15.5 Å². The van der Waals surface area contributed by atoms with E-state index in [0.29, 0.717) is 16.8 Å². The molecule has 0 aliphatic carbocycles. The molecule has 0 aliphatic rings. The average Bonchev–Trinajstić information content (AvgIpc) is 2.26. The highest BCUT2D eigenvalue weighted by molar-refractivity contribution is 6.32. The van der Waals surface area contributed by atoms with Gasteiger partial charge in [0.25, 0.3) is 0 Å². The summed E-state index contributed by atoms with van der Waals surface area (Å²) in [5, 5.41) is 6.61. The molecule has 0 radical (unpaired) electrons. The maximum Gasteiger partial charge on any atom is 0.224 e. The third kappa shape index (κ3) is 4.20. The van der Waals surface area contributed by atoms with Crippen molar-refractivity contribution in [3.63, 3.8) is 0 Å². The van der Waals surface area contributed by atoms with E-state index in [1.807, 2.05) is 0 Å². The van der Waals surface area contributed by atoms with Crippen LogP contribution >= 0.6 is 11.6 Å². The quantitative estimate of drug-likeness (QED) is 0.743. The molecule has 5 nitrogen and oxygen atoms in total. The Morgan fingerprint density at radius 2 is 2.19 bits per heavy atom. The fourth-order valence-electron chi connectivity index (χ4n) is 1.21. The lowest BCUT2D eigenvalue weighted by Crippen LogP contribution is -2.17. The second kappa shape index (κ2) is 6.50. The van der Waals surface area contributed by atoms with Crippen LogP contribution < -0.4 is 10.6 Å². The van der Waals surface area contributed by atoms with Crippen LogP contribution in [-0.2, 0) is 0 Å². The Morgan fingerprint density at radius 1 is 1.44 bits per heavy atom. The van der Waals surface area contributed by atoms with Crippen LogP contribution in [0.15, 0.2) is 6.20 Å². The summed E-state index contributed by atoms with van der Waals surface area (Å²) in [6.45, 7) is 1.88. The first-order chi connectivity index (χ1) is 7.63. The molecular formula is C10H18ClN5. The van der Waals surface area contributed by atoms with Gasteiger partial charge in [0, 0.05) is 13.6 Å². The lowest BCUT2D eigenvalue weighted by atomic mass is 10.4. The highest BCUT2D eigenvalue weighted by Gasteiger charge is 2.03. The number of nitrogens with zero attached hydrogens (tertiary/aromatic N) is 3. The Kier molecular flexibility index (Phi) is 5.28. The van der Waals surface area contributed by atoms with E-state index in [4.69, 9.17) is 11.6 Å². The van der Waals surface area contributed by atoms with Gasteiger partial charge in [-0.3, -0.25) is 0 Å². The summed E-state index contributed by atoms with van der Waals surface area (Å²) in [4.78, 5) is 10.4. The molecule has 0 aliphatic heterocycles. The van der Waals surface area contributed by atoms with Gasteiger partial charge in [-0.2, -0.15) is 4.98 Å². The van der Waals surface area contributed by atoms with Crippen molar-refractivity contribution in [2.24, 2.45) is 0 Å². The molecule has 1 rings (SSSR count). The van der Waals surface area contributed by atoms with Gasteiger partial charge in [-0.05, 0) is 27.1 Å². The summed E-state index contributed by atoms with van der Waals surface area (Å²) in [6, 6.07) is 0. The summed E-state index contributed by atoms with van der Waals surface area (Å²) in [5.41, 5.74) is 0. The van der Waals surface area contributed by atoms with Crippen LogP contribution in [0.1, 0.15) is 6.42 Å². The third-order valence-electron chi connectivity index (χ3n) is 2.04. The molecule has 90 valence electrons. The number of hydrogen-bond acceptors (Lipinski definition) is 5. The van der Waals surface area contributed by atoms with Crippen LogP contribution in [-0.4, -0.2) is 49.1 Å². The minimum absolute atomic E-state index is 0.545. The van der Waals surface area contributed by atoms with Gasteiger partial charge in [0.1, 0.15) is 10.8 Å². The molecule has 1 aromatic heterocycles. The fourth-order valence-corrected chi connectivity index (χ4v) is 1.37. The smallest absolute Gasteiger partial charge is 0.224 e. The molecule has 0 atom stereocenters. The van der Waals surface area contributed by atoms with Crippen LogP contribution in [0.5, 0.6) is 0 Å². The van der Waals surface area contributed by atoms with Crippen molar-refractivity contribution >= 4 is 23.4 Å². The predicted molar refractivity (Wildman–Crippen MR) is 68.2 cm³/mol. The molecule has 0 amide bonds. The Morgan fingerprint density at radius 3 is 2.81 bits per heavy atom. The maximum atomic E-state index is 5.97. The topological polar surface area (TPSA) is 53.1 Å². The van der Waals surface area contributed by atoms with E-state index < -0.39 is 0 Å². The normalized spacial score (nSPS) is 10.6. The molecule has 0 spiro atoms. The largest absolute Gasteiger partial charge is 0.369 e. The van der Waals surface area contributed by atoms with Gasteiger partial charge >= 0.3 is 0 Å². The molecule has 2 N–H and O–H groups in total. The first-order valence-electron chi connectivity index (χ1n) is 5.22. The molecule has 1 heterocycles. The van der Waals surface area contributed by atoms with Crippen LogP contribution in [0.4, 0.5) is 11.8 Å². The average molecular weight is 244 g/mol. The van der Waals surface area contributed by atoms with Gasteiger partial charge in [-0.25, -0.2) is 4.98 Å². The molecule has 0 unspecified atom stereocenters. The Labute approximate surface area is 101 Å². The van der Waals surface area contributed by atoms with Gasteiger partial charge in [0.2, 0.25) is 5.95 Å². The second-order valence-corrected chi connectivity index (χ2v) is 4.13. The van der Waals surface area contributed by atoms with E-state index in [1.165, 1.54) is 0 Å². The van der Waals surface area contributed by atoms with Gasteiger partial charge in [-0.15, -0.1) is 0 Å². The number of halogens is 1. The SMILES string of the molecule is CNc1ncc(Cl)c(NCCCN(C)C)n1. The van der Waals surface area contributed by atoms with E-state index in [0.717, 1.165) is 19.5 Å². The Hall–Kier alpha value is -1.07. The Balaban J connectivity index is 2.46. The summed E-state index contributed by atoms with van der Waals surface area (Å²) in [5.74, 6) is 1.25. The summed E-state index contributed by atoms with van der Waals surface area (Å²) < 4.78 is 0. The molecule has 0 fully saturated rings. The molecule has 0 saturated heterocycles. The highest BCUT2D eigenvalue weighted by Crippen LogP contribution is 2.18. The molecule has 6 heteroatoms. The van der Waals surface area contributed by atoms with E-state index >= 15 is 0 Å². The lowest BCUT2D eigenvalue weighted by molar-refractivity contribution is 0.405. The van der Waals surface area contributed by atoms with E-state index in [9.17, 15) is 0 Å². The fraction of sp³-hybridized carbons (Fsp3) is 0.600. The molecule has 16 heavy (non-hydrogen) atoms. The van der Waals surface area contributed by atoms with Crippen molar-refractivity contribution in [1.29, 1.82) is 0 Å². The van der Waals surface area contributed by atoms with Crippen LogP contribution in [0.25, 0.3) is 0 Å². The third-order valence-corrected chi connectivity index (χ3v) is 2.32. The van der Waals surface area contributed by atoms with Crippen LogP contribution in [0, 0.1) is 0 Å². The molecular weight excluding hydrogens is 226 g/mol. The van der Waals surface area contributed by atoms with Crippen molar-refractivity contribution in [3.8, 4) is 0 Å². The van der Waals surface area contributed by atoms with Crippen molar-refractivity contribution in [1.82, 2.24) is 14.9 Å². The van der Waals surface area contributed by atoms with E-state index in [1.54, 1.807) is 13.2 Å². The maximum absolute atomic E-state index is 5.97. The number of rotatable bonds is 6. The lowest BCUT2D eigenvalue weighted by Gasteiger charge is -2.11. The predicted octanol–water partition coefficient (Wildman–Crippen LogP) is 1.54. The Bertz CT molecular complexity index is 329. The molecule has 0 bridgehead atoms. The minimum Gasteiger partial charge on any atom is -0.369 e. The molecule has 0 saturated carbocycles. The molecule has 0 aromatic carbocycles. The summed E-state index contributed by atoms with van der Waals surface area (Å²) >= 11 is 5.97. The summed E-state index contributed by atoms with van der Waals surface area (Å²) in [7, 11) is 5.88. The zero-order valence-electron chi connectivity index (χ0n) is 9.92. The minimum atomic E-state index is 0.545. The zero-order valence-corrected chi connectivity index (χ0v) is 10.7. The van der Waals surface area contributed by atoms with Gasteiger partial charge in [0.15, 0.2) is 0 Å². The second-order valence-electron chi connectivity index (χ2n) is 3.72. The van der Waals surface area contributed by atoms with Crippen molar-refractivity contribution < 1.29 is 0 Å². The van der Waals surface area contributed by atoms with Gasteiger partial charge in [-0.1, -0.05) is 11.6 Å².